The number of hydrogen-bond acceptors (Lipinski definition) is 7. The van der Waals surface area contributed by atoms with Crippen LogP contribution in [0.15, 0.2) is 30.3 Å². The van der Waals surface area contributed by atoms with Crippen molar-refractivity contribution in [1.82, 2.24) is 9.97 Å². The zero-order valence-electron chi connectivity index (χ0n) is 14.7. The number of anilines is 2. The van der Waals surface area contributed by atoms with Crippen LogP contribution in [0.25, 0.3) is 0 Å². The van der Waals surface area contributed by atoms with Gasteiger partial charge in [0.1, 0.15) is 17.3 Å². The van der Waals surface area contributed by atoms with E-state index in [2.05, 4.69) is 20.2 Å². The van der Waals surface area contributed by atoms with Crippen molar-refractivity contribution >= 4 is 23.4 Å². The highest BCUT2D eigenvalue weighted by molar-refractivity contribution is 6.04. The van der Waals surface area contributed by atoms with Gasteiger partial charge in [0.2, 0.25) is 0 Å². The first-order valence-corrected chi connectivity index (χ1v) is 8.25. The molecule has 1 aromatic heterocycles. The topological polar surface area (TPSA) is 93.7 Å². The number of methoxy groups -OCH3 is 1. The van der Waals surface area contributed by atoms with Gasteiger partial charge < -0.3 is 19.7 Å². The van der Waals surface area contributed by atoms with Crippen LogP contribution >= 0.6 is 0 Å². The van der Waals surface area contributed by atoms with Crippen LogP contribution < -0.4 is 10.2 Å². The fraction of sp³-hybridized carbons (Fsp3) is 0.333. The maximum absolute atomic E-state index is 12.6. The number of esters is 1. The predicted octanol–water partition coefficient (Wildman–Crippen LogP) is 1.66. The highest BCUT2D eigenvalue weighted by Crippen LogP contribution is 2.17. The van der Waals surface area contributed by atoms with E-state index >= 15 is 0 Å². The summed E-state index contributed by atoms with van der Waals surface area (Å²) in [6.45, 7) is 4.45. The van der Waals surface area contributed by atoms with Crippen LogP contribution in [0.1, 0.15) is 26.7 Å². The minimum absolute atomic E-state index is 0.266. The molecule has 2 heterocycles. The number of ether oxygens (including phenoxy) is 2. The molecule has 26 heavy (non-hydrogen) atoms. The lowest BCUT2D eigenvalue weighted by molar-refractivity contribution is 0.0600. The van der Waals surface area contributed by atoms with Crippen molar-refractivity contribution in [1.29, 1.82) is 0 Å². The van der Waals surface area contributed by atoms with Gasteiger partial charge in [-0.2, -0.15) is 0 Å². The van der Waals surface area contributed by atoms with Gasteiger partial charge in [-0.3, -0.25) is 4.79 Å². The Labute approximate surface area is 151 Å². The standard InChI is InChI=1S/C18H20N4O4/c1-12-19-15(11-16(20-12)22-6-8-26-9-7-22)17(23)21-14-5-3-4-13(10-14)18(24)25-2/h3-5,10-11H,6-9H2,1-2H3,(H,21,23). The number of carbonyl (C=O) groups excluding carboxylic acids is 2. The fourth-order valence-electron chi connectivity index (χ4n) is 2.66. The summed E-state index contributed by atoms with van der Waals surface area (Å²) in [7, 11) is 1.31. The molecule has 1 N–H and O–H groups in total. The summed E-state index contributed by atoms with van der Waals surface area (Å²) < 4.78 is 10.0. The SMILES string of the molecule is COC(=O)c1cccc(NC(=O)c2cc(N3CCOCC3)nc(C)n2)c1. The molecule has 0 radical (unpaired) electrons. The molecular formula is C18H20N4O4. The number of benzene rings is 1. The first-order chi connectivity index (χ1) is 12.6. The Morgan fingerprint density at radius 2 is 1.96 bits per heavy atom. The third-order valence-corrected chi connectivity index (χ3v) is 3.93. The quantitative estimate of drug-likeness (QED) is 0.833. The second kappa shape index (κ2) is 7.92. The number of hydrogen-bond donors (Lipinski definition) is 1. The van der Waals surface area contributed by atoms with Crippen molar-refractivity contribution in [2.75, 3.05) is 43.6 Å². The Morgan fingerprint density at radius 1 is 1.19 bits per heavy atom. The van der Waals surface area contributed by atoms with Gasteiger partial charge in [0.15, 0.2) is 0 Å². The van der Waals surface area contributed by atoms with Crippen LogP contribution in [0.5, 0.6) is 0 Å². The summed E-state index contributed by atoms with van der Waals surface area (Å²) in [5, 5.41) is 2.75. The molecule has 0 bridgehead atoms. The molecule has 0 unspecified atom stereocenters. The Morgan fingerprint density at radius 3 is 2.69 bits per heavy atom. The second-order valence-electron chi connectivity index (χ2n) is 5.78. The molecule has 1 aromatic carbocycles. The van der Waals surface area contributed by atoms with E-state index in [0.717, 1.165) is 13.1 Å². The summed E-state index contributed by atoms with van der Waals surface area (Å²) in [4.78, 5) is 34.9. The number of morpholine rings is 1. The summed E-state index contributed by atoms with van der Waals surface area (Å²) in [5.74, 6) is 0.386. The number of amides is 1. The molecule has 0 saturated carbocycles. The molecule has 1 fully saturated rings. The van der Waals surface area contributed by atoms with E-state index in [4.69, 9.17) is 9.47 Å². The van der Waals surface area contributed by atoms with Crippen LogP contribution in [-0.4, -0.2) is 55.3 Å². The molecule has 1 aliphatic rings. The number of nitrogens with one attached hydrogen (secondary N) is 1. The smallest absolute Gasteiger partial charge is 0.337 e. The van der Waals surface area contributed by atoms with Crippen LogP contribution in [0, 0.1) is 6.92 Å². The van der Waals surface area contributed by atoms with Crippen molar-refractivity contribution in [3.8, 4) is 0 Å². The number of aryl methyl sites for hydroxylation is 1. The maximum atomic E-state index is 12.6. The molecule has 8 nitrogen and oxygen atoms in total. The van der Waals surface area contributed by atoms with E-state index in [1.54, 1.807) is 37.3 Å². The number of nitrogens with zero attached hydrogens (tertiary/aromatic N) is 3. The maximum Gasteiger partial charge on any atom is 0.337 e. The average molecular weight is 356 g/mol. The Balaban J connectivity index is 1.79. The number of aromatic nitrogens is 2. The largest absolute Gasteiger partial charge is 0.465 e. The van der Waals surface area contributed by atoms with Gasteiger partial charge in [0.25, 0.3) is 5.91 Å². The fourth-order valence-corrected chi connectivity index (χ4v) is 2.66. The molecule has 8 heteroatoms. The van der Waals surface area contributed by atoms with E-state index < -0.39 is 5.97 Å². The van der Waals surface area contributed by atoms with Gasteiger partial charge in [0.05, 0.1) is 25.9 Å². The lowest BCUT2D eigenvalue weighted by atomic mass is 10.2. The molecule has 0 atom stereocenters. The molecule has 3 rings (SSSR count). The molecular weight excluding hydrogens is 336 g/mol. The molecule has 0 spiro atoms. The lowest BCUT2D eigenvalue weighted by Gasteiger charge is -2.28. The normalized spacial score (nSPS) is 14.0. The summed E-state index contributed by atoms with van der Waals surface area (Å²) in [6, 6.07) is 8.21. The van der Waals surface area contributed by atoms with Gasteiger partial charge in [-0.05, 0) is 25.1 Å². The van der Waals surface area contributed by atoms with Gasteiger partial charge in [-0.15, -0.1) is 0 Å². The molecule has 2 aromatic rings. The average Bonchev–Trinajstić information content (AvgIpc) is 2.67. The van der Waals surface area contributed by atoms with Crippen molar-refractivity contribution in [3.05, 3.63) is 47.4 Å². The minimum Gasteiger partial charge on any atom is -0.465 e. The molecule has 1 amide bonds. The zero-order valence-corrected chi connectivity index (χ0v) is 14.7. The van der Waals surface area contributed by atoms with Crippen molar-refractivity contribution < 1.29 is 19.1 Å². The van der Waals surface area contributed by atoms with E-state index in [0.29, 0.717) is 36.1 Å². The molecule has 1 saturated heterocycles. The highest BCUT2D eigenvalue weighted by atomic mass is 16.5. The first-order valence-electron chi connectivity index (χ1n) is 8.25. The summed E-state index contributed by atoms with van der Waals surface area (Å²) >= 11 is 0. The highest BCUT2D eigenvalue weighted by Gasteiger charge is 2.17. The van der Waals surface area contributed by atoms with Gasteiger partial charge in [-0.25, -0.2) is 14.8 Å². The van der Waals surface area contributed by atoms with E-state index in [9.17, 15) is 9.59 Å². The number of rotatable bonds is 4. The third-order valence-electron chi connectivity index (χ3n) is 3.93. The van der Waals surface area contributed by atoms with Gasteiger partial charge in [-0.1, -0.05) is 6.07 Å². The van der Waals surface area contributed by atoms with E-state index in [-0.39, 0.29) is 11.6 Å². The lowest BCUT2D eigenvalue weighted by Crippen LogP contribution is -2.37. The zero-order chi connectivity index (χ0) is 18.5. The van der Waals surface area contributed by atoms with Crippen molar-refractivity contribution in [2.45, 2.75) is 6.92 Å². The summed E-state index contributed by atoms with van der Waals surface area (Å²) in [6.07, 6.45) is 0. The van der Waals surface area contributed by atoms with Crippen LogP contribution in [0.2, 0.25) is 0 Å². The van der Waals surface area contributed by atoms with E-state index in [1.807, 2.05) is 0 Å². The first kappa shape index (κ1) is 17.8. The molecule has 1 aliphatic heterocycles. The van der Waals surface area contributed by atoms with Crippen LogP contribution in [0.3, 0.4) is 0 Å². The Kier molecular flexibility index (Phi) is 5.43. The number of carbonyl (C=O) groups is 2. The van der Waals surface area contributed by atoms with Gasteiger partial charge >= 0.3 is 5.97 Å². The Hall–Kier alpha value is -3.00. The van der Waals surface area contributed by atoms with Gasteiger partial charge in [0, 0.05) is 24.8 Å². The molecule has 0 aliphatic carbocycles. The van der Waals surface area contributed by atoms with Crippen LogP contribution in [-0.2, 0) is 9.47 Å². The predicted molar refractivity (Wildman–Crippen MR) is 95.5 cm³/mol. The summed E-state index contributed by atoms with van der Waals surface area (Å²) in [5.41, 5.74) is 1.11. The minimum atomic E-state index is -0.464. The third kappa shape index (κ3) is 4.15. The monoisotopic (exact) mass is 356 g/mol. The Bertz CT molecular complexity index is 819. The second-order valence-corrected chi connectivity index (χ2v) is 5.78. The molecule has 136 valence electrons. The van der Waals surface area contributed by atoms with E-state index in [1.165, 1.54) is 7.11 Å². The van der Waals surface area contributed by atoms with Crippen molar-refractivity contribution in [2.24, 2.45) is 0 Å². The van der Waals surface area contributed by atoms with Crippen molar-refractivity contribution in [3.63, 3.8) is 0 Å². The van der Waals surface area contributed by atoms with Crippen LogP contribution in [0.4, 0.5) is 11.5 Å².